The molecule has 0 spiro atoms. The van der Waals surface area contributed by atoms with Gasteiger partial charge in [0.15, 0.2) is 5.75 Å². The van der Waals surface area contributed by atoms with E-state index in [1.807, 2.05) is 4.90 Å². The van der Waals surface area contributed by atoms with E-state index in [-0.39, 0.29) is 17.5 Å². The number of carboxylic acid groups (broad SMARTS) is 1. The molecule has 0 saturated carbocycles. The minimum absolute atomic E-state index is 0.100. The van der Waals surface area contributed by atoms with Crippen molar-refractivity contribution in [3.63, 3.8) is 0 Å². The molecular weight excluding hydrogens is 250 g/mol. The second kappa shape index (κ2) is 5.71. The van der Waals surface area contributed by atoms with Crippen LogP contribution in [0.4, 0.5) is 5.69 Å². The zero-order valence-electron chi connectivity index (χ0n) is 10.5. The Morgan fingerprint density at radius 1 is 1.53 bits per heavy atom. The molecule has 1 aromatic carbocycles. The largest absolute Gasteiger partial charge is 0.478 e. The first-order valence-corrected chi connectivity index (χ1v) is 5.95. The van der Waals surface area contributed by atoms with E-state index in [9.17, 15) is 14.7 Å². The lowest BCUT2D eigenvalue weighted by atomic mass is 10.1. The molecule has 1 unspecified atom stereocenters. The molecule has 0 aliphatic carbocycles. The molecule has 2 rings (SSSR count). The maximum absolute atomic E-state index is 11.3. The second-order valence-corrected chi connectivity index (χ2v) is 4.20. The first kappa shape index (κ1) is 13.4. The Morgan fingerprint density at radius 3 is 2.95 bits per heavy atom. The Labute approximate surface area is 110 Å². The monoisotopic (exact) mass is 265 g/mol. The molecule has 102 valence electrons. The number of para-hydroxylation sites is 1. The quantitative estimate of drug-likeness (QED) is 0.813. The first-order valence-electron chi connectivity index (χ1n) is 5.95. The van der Waals surface area contributed by atoms with Crippen molar-refractivity contribution >= 4 is 18.1 Å². The Balaban J connectivity index is 2.50. The summed E-state index contributed by atoms with van der Waals surface area (Å²) >= 11 is 0. The number of carbonyl (C=O) groups is 2. The van der Waals surface area contributed by atoms with Gasteiger partial charge in [0.25, 0.3) is 6.47 Å². The minimum atomic E-state index is -1.06. The number of methoxy groups -OCH3 is 1. The molecule has 1 N–H and O–H groups in total. The lowest BCUT2D eigenvalue weighted by Gasteiger charge is -2.28. The number of carbonyl (C=O) groups excluding carboxylic acids is 1. The van der Waals surface area contributed by atoms with E-state index >= 15 is 0 Å². The van der Waals surface area contributed by atoms with E-state index in [0.717, 1.165) is 12.8 Å². The molecule has 1 atom stereocenters. The Bertz CT molecular complexity index is 488. The molecule has 1 aliphatic heterocycles. The van der Waals surface area contributed by atoms with Crippen LogP contribution in [0.25, 0.3) is 0 Å². The molecule has 0 amide bonds. The highest BCUT2D eigenvalue weighted by atomic mass is 16.5. The van der Waals surface area contributed by atoms with Crippen LogP contribution in [0.5, 0.6) is 5.75 Å². The first-order chi connectivity index (χ1) is 9.19. The minimum Gasteiger partial charge on any atom is -0.478 e. The normalized spacial score (nSPS) is 18.4. The van der Waals surface area contributed by atoms with Crippen molar-refractivity contribution in [1.29, 1.82) is 0 Å². The Hall–Kier alpha value is -2.08. The topological polar surface area (TPSA) is 76.1 Å². The van der Waals surface area contributed by atoms with Crippen molar-refractivity contribution in [1.82, 2.24) is 0 Å². The number of anilines is 1. The molecule has 6 heteroatoms. The van der Waals surface area contributed by atoms with Gasteiger partial charge in [-0.25, -0.2) is 4.79 Å². The van der Waals surface area contributed by atoms with Crippen LogP contribution in [0.3, 0.4) is 0 Å². The molecule has 1 fully saturated rings. The van der Waals surface area contributed by atoms with Crippen LogP contribution < -0.4 is 9.64 Å². The van der Waals surface area contributed by atoms with Gasteiger partial charge in [0.05, 0.1) is 11.3 Å². The summed E-state index contributed by atoms with van der Waals surface area (Å²) in [6.45, 7) is 0.959. The predicted octanol–water partition coefficient (Wildman–Crippen LogP) is 1.49. The number of ether oxygens (including phenoxy) is 2. The van der Waals surface area contributed by atoms with Crippen molar-refractivity contribution in [2.24, 2.45) is 0 Å². The van der Waals surface area contributed by atoms with E-state index in [2.05, 4.69) is 0 Å². The molecule has 6 nitrogen and oxygen atoms in total. The van der Waals surface area contributed by atoms with Crippen molar-refractivity contribution < 1.29 is 24.2 Å². The molecule has 1 aromatic rings. The van der Waals surface area contributed by atoms with Crippen molar-refractivity contribution in [2.75, 3.05) is 18.6 Å². The summed E-state index contributed by atoms with van der Waals surface area (Å²) in [5, 5.41) is 9.27. The number of rotatable bonds is 5. The summed E-state index contributed by atoms with van der Waals surface area (Å²) in [5.74, 6) is -0.827. The smallest absolute Gasteiger partial charge is 0.337 e. The summed E-state index contributed by atoms with van der Waals surface area (Å²) in [6, 6.07) is 4.60. The molecule has 1 heterocycles. The van der Waals surface area contributed by atoms with Crippen molar-refractivity contribution in [2.45, 2.75) is 19.1 Å². The third kappa shape index (κ3) is 2.53. The fraction of sp³-hybridized carbons (Fsp3) is 0.385. The maximum atomic E-state index is 11.3. The van der Waals surface area contributed by atoms with Crippen LogP contribution in [0, 0.1) is 0 Å². The highest BCUT2D eigenvalue weighted by Crippen LogP contribution is 2.37. The van der Waals surface area contributed by atoms with Crippen LogP contribution in [-0.2, 0) is 9.53 Å². The summed E-state index contributed by atoms with van der Waals surface area (Å²) < 4.78 is 10.2. The van der Waals surface area contributed by atoms with Crippen LogP contribution >= 0.6 is 0 Å². The molecular formula is C13H15NO5. The number of nitrogens with zero attached hydrogens (tertiary/aromatic N) is 1. The number of hydrogen-bond acceptors (Lipinski definition) is 5. The van der Waals surface area contributed by atoms with Gasteiger partial charge in [-0.15, -0.1) is 0 Å². The van der Waals surface area contributed by atoms with Crippen LogP contribution in [0.1, 0.15) is 23.2 Å². The predicted molar refractivity (Wildman–Crippen MR) is 67.5 cm³/mol. The molecule has 0 aromatic heterocycles. The molecule has 19 heavy (non-hydrogen) atoms. The van der Waals surface area contributed by atoms with Gasteiger partial charge in [0.1, 0.15) is 6.23 Å². The number of aromatic carboxylic acids is 1. The fourth-order valence-corrected chi connectivity index (χ4v) is 2.38. The third-order valence-corrected chi connectivity index (χ3v) is 3.16. The van der Waals surface area contributed by atoms with Gasteiger partial charge in [-0.3, -0.25) is 4.79 Å². The number of carboxylic acids is 1. The average molecular weight is 265 g/mol. The van der Waals surface area contributed by atoms with Crippen molar-refractivity contribution in [3.8, 4) is 5.75 Å². The zero-order valence-corrected chi connectivity index (χ0v) is 10.5. The maximum Gasteiger partial charge on any atom is 0.337 e. The zero-order chi connectivity index (χ0) is 13.8. The van der Waals surface area contributed by atoms with Gasteiger partial charge >= 0.3 is 5.97 Å². The van der Waals surface area contributed by atoms with E-state index in [1.165, 1.54) is 6.07 Å². The number of benzene rings is 1. The molecule has 0 radical (unpaired) electrons. The Morgan fingerprint density at radius 2 is 2.32 bits per heavy atom. The van der Waals surface area contributed by atoms with Gasteiger partial charge in [-0.2, -0.15) is 0 Å². The summed E-state index contributed by atoms with van der Waals surface area (Å²) in [6.07, 6.45) is 1.51. The Kier molecular flexibility index (Phi) is 4.01. The van der Waals surface area contributed by atoms with Crippen LogP contribution in [0.15, 0.2) is 18.2 Å². The van der Waals surface area contributed by atoms with Crippen LogP contribution in [0.2, 0.25) is 0 Å². The SMILES string of the molecule is COC1CCCN1c1c(OC=O)cccc1C(=O)O. The van der Waals surface area contributed by atoms with Crippen LogP contribution in [-0.4, -0.2) is 37.4 Å². The highest BCUT2D eigenvalue weighted by molar-refractivity contribution is 5.96. The van der Waals surface area contributed by atoms with Gasteiger partial charge < -0.3 is 19.5 Å². The van der Waals surface area contributed by atoms with Gasteiger partial charge in [0, 0.05) is 13.7 Å². The fourth-order valence-electron chi connectivity index (χ4n) is 2.38. The third-order valence-electron chi connectivity index (χ3n) is 3.16. The lowest BCUT2D eigenvalue weighted by Crippen LogP contribution is -2.32. The number of hydrogen-bond donors (Lipinski definition) is 1. The molecule has 1 saturated heterocycles. The highest BCUT2D eigenvalue weighted by Gasteiger charge is 2.30. The van der Waals surface area contributed by atoms with Gasteiger partial charge in [-0.05, 0) is 25.0 Å². The second-order valence-electron chi connectivity index (χ2n) is 4.20. The van der Waals surface area contributed by atoms with Crippen molar-refractivity contribution in [3.05, 3.63) is 23.8 Å². The summed E-state index contributed by atoms with van der Waals surface area (Å²) in [7, 11) is 1.58. The van der Waals surface area contributed by atoms with Gasteiger partial charge in [0.2, 0.25) is 0 Å². The van der Waals surface area contributed by atoms with E-state index in [4.69, 9.17) is 9.47 Å². The van der Waals surface area contributed by atoms with E-state index < -0.39 is 5.97 Å². The standard InChI is InChI=1S/C13H15NO5/c1-18-11-6-3-7-14(11)12-9(13(16)17)4-2-5-10(12)19-8-15/h2,4-5,8,11H,3,6-7H2,1H3,(H,16,17). The summed E-state index contributed by atoms with van der Waals surface area (Å²) in [5.41, 5.74) is 0.495. The molecule has 1 aliphatic rings. The average Bonchev–Trinajstić information content (AvgIpc) is 2.86. The van der Waals surface area contributed by atoms with E-state index in [1.54, 1.807) is 19.2 Å². The van der Waals surface area contributed by atoms with E-state index in [0.29, 0.717) is 18.7 Å². The lowest BCUT2D eigenvalue weighted by molar-refractivity contribution is -0.120. The molecule has 0 bridgehead atoms. The summed E-state index contributed by atoms with van der Waals surface area (Å²) in [4.78, 5) is 23.7. The van der Waals surface area contributed by atoms with Gasteiger partial charge in [-0.1, -0.05) is 6.07 Å².